The van der Waals surface area contributed by atoms with Crippen molar-refractivity contribution in [2.45, 2.75) is 33.2 Å². The molecule has 5 nitrogen and oxygen atoms in total. The SMILES string of the molecule is Cc1ccc(CNC(=O)C2(C)CCCN(C(=O)Nc3ccc(Br)cc3)C2)cc1. The third kappa shape index (κ3) is 5.13. The van der Waals surface area contributed by atoms with Gasteiger partial charge in [0.05, 0.1) is 5.41 Å². The molecule has 3 rings (SSSR count). The second-order valence-corrected chi connectivity index (χ2v) is 8.61. The lowest BCUT2D eigenvalue weighted by atomic mass is 9.81. The summed E-state index contributed by atoms with van der Waals surface area (Å²) < 4.78 is 0.960. The Kier molecular flexibility index (Phi) is 6.39. The number of rotatable bonds is 4. The Morgan fingerprint density at radius 1 is 1.11 bits per heavy atom. The van der Waals surface area contributed by atoms with E-state index in [1.807, 2.05) is 62.4 Å². The molecule has 0 radical (unpaired) electrons. The fourth-order valence-electron chi connectivity index (χ4n) is 3.44. The van der Waals surface area contributed by atoms with E-state index in [-0.39, 0.29) is 11.9 Å². The number of nitrogens with one attached hydrogen (secondary N) is 2. The van der Waals surface area contributed by atoms with Crippen LogP contribution in [0, 0.1) is 12.3 Å². The van der Waals surface area contributed by atoms with Crippen molar-refractivity contribution < 1.29 is 9.59 Å². The van der Waals surface area contributed by atoms with Crippen LogP contribution in [0.15, 0.2) is 53.0 Å². The van der Waals surface area contributed by atoms with Gasteiger partial charge in [0.25, 0.3) is 0 Å². The summed E-state index contributed by atoms with van der Waals surface area (Å²) in [5.74, 6) is -0.00535. The lowest BCUT2D eigenvalue weighted by Crippen LogP contribution is -2.52. The Hall–Kier alpha value is -2.34. The number of likely N-dealkylation sites (tertiary alicyclic amines) is 1. The van der Waals surface area contributed by atoms with E-state index in [4.69, 9.17) is 0 Å². The van der Waals surface area contributed by atoms with Crippen molar-refractivity contribution in [3.8, 4) is 0 Å². The van der Waals surface area contributed by atoms with Crippen molar-refractivity contribution in [2.24, 2.45) is 5.41 Å². The van der Waals surface area contributed by atoms with E-state index in [0.29, 0.717) is 19.6 Å². The van der Waals surface area contributed by atoms with Crippen LogP contribution in [0.4, 0.5) is 10.5 Å². The summed E-state index contributed by atoms with van der Waals surface area (Å²) in [5.41, 5.74) is 2.43. The molecule has 3 amide bonds. The van der Waals surface area contributed by atoms with Crippen molar-refractivity contribution in [3.05, 3.63) is 64.1 Å². The van der Waals surface area contributed by atoms with Crippen molar-refractivity contribution in [2.75, 3.05) is 18.4 Å². The van der Waals surface area contributed by atoms with Crippen LogP contribution in [0.25, 0.3) is 0 Å². The molecule has 148 valence electrons. The predicted octanol–water partition coefficient (Wildman–Crippen LogP) is 4.71. The van der Waals surface area contributed by atoms with E-state index in [1.165, 1.54) is 5.56 Å². The van der Waals surface area contributed by atoms with Gasteiger partial charge in [-0.3, -0.25) is 4.79 Å². The highest BCUT2D eigenvalue weighted by Gasteiger charge is 2.39. The molecule has 0 aromatic heterocycles. The summed E-state index contributed by atoms with van der Waals surface area (Å²) in [6.07, 6.45) is 1.58. The molecule has 0 bridgehead atoms. The summed E-state index contributed by atoms with van der Waals surface area (Å²) in [5, 5.41) is 5.95. The standard InChI is InChI=1S/C22H26BrN3O2/c1-16-4-6-17(7-5-16)14-24-20(27)22(2)12-3-13-26(15-22)21(28)25-19-10-8-18(23)9-11-19/h4-11H,3,12-15H2,1-2H3,(H,24,27)(H,25,28). The Bertz CT molecular complexity index is 836. The molecule has 2 N–H and O–H groups in total. The number of aryl methyl sites for hydroxylation is 1. The van der Waals surface area contributed by atoms with E-state index in [1.54, 1.807) is 4.90 Å². The molecule has 1 unspecified atom stereocenters. The van der Waals surface area contributed by atoms with Gasteiger partial charge in [0.1, 0.15) is 0 Å². The smallest absolute Gasteiger partial charge is 0.321 e. The first-order valence-electron chi connectivity index (χ1n) is 9.51. The molecule has 2 aromatic carbocycles. The third-order valence-corrected chi connectivity index (χ3v) is 5.73. The quantitative estimate of drug-likeness (QED) is 0.718. The average molecular weight is 444 g/mol. The number of benzene rings is 2. The van der Waals surface area contributed by atoms with Crippen molar-refractivity contribution in [3.63, 3.8) is 0 Å². The topological polar surface area (TPSA) is 61.4 Å². The van der Waals surface area contributed by atoms with Crippen molar-refractivity contribution in [1.29, 1.82) is 0 Å². The van der Waals surface area contributed by atoms with Crippen LogP contribution in [-0.2, 0) is 11.3 Å². The van der Waals surface area contributed by atoms with Gasteiger partial charge in [0.15, 0.2) is 0 Å². The van der Waals surface area contributed by atoms with E-state index in [9.17, 15) is 9.59 Å². The lowest BCUT2D eigenvalue weighted by molar-refractivity contribution is -0.132. The first kappa shape index (κ1) is 20.4. The van der Waals surface area contributed by atoms with Gasteiger partial charge in [-0.15, -0.1) is 0 Å². The number of anilines is 1. The Labute approximate surface area is 174 Å². The molecule has 0 spiro atoms. The van der Waals surface area contributed by atoms with Crippen LogP contribution in [0.5, 0.6) is 0 Å². The molecule has 1 aliphatic heterocycles. The molecule has 1 aliphatic rings. The van der Waals surface area contributed by atoms with E-state index >= 15 is 0 Å². The van der Waals surface area contributed by atoms with Crippen LogP contribution < -0.4 is 10.6 Å². The molecule has 2 aromatic rings. The van der Waals surface area contributed by atoms with Crippen LogP contribution >= 0.6 is 15.9 Å². The number of urea groups is 1. The summed E-state index contributed by atoms with van der Waals surface area (Å²) in [6.45, 7) is 5.55. The van der Waals surface area contributed by atoms with E-state index < -0.39 is 5.41 Å². The molecule has 1 heterocycles. The van der Waals surface area contributed by atoms with Gasteiger partial charge in [0.2, 0.25) is 5.91 Å². The summed E-state index contributed by atoms with van der Waals surface area (Å²) in [6, 6.07) is 15.4. The Morgan fingerprint density at radius 2 is 1.79 bits per heavy atom. The molecular formula is C22H26BrN3O2. The Balaban J connectivity index is 1.58. The largest absolute Gasteiger partial charge is 0.351 e. The summed E-state index contributed by atoms with van der Waals surface area (Å²) in [4.78, 5) is 27.2. The van der Waals surface area contributed by atoms with Crippen molar-refractivity contribution >= 4 is 33.6 Å². The number of carbonyl (C=O) groups is 2. The number of hydrogen-bond donors (Lipinski definition) is 2. The zero-order chi connectivity index (χ0) is 20.1. The second kappa shape index (κ2) is 8.78. The van der Waals surface area contributed by atoms with Gasteiger partial charge in [-0.05, 0) is 56.5 Å². The highest BCUT2D eigenvalue weighted by molar-refractivity contribution is 9.10. The zero-order valence-electron chi connectivity index (χ0n) is 16.3. The fourth-order valence-corrected chi connectivity index (χ4v) is 3.70. The minimum atomic E-state index is -0.583. The number of carbonyl (C=O) groups excluding carboxylic acids is 2. The monoisotopic (exact) mass is 443 g/mol. The molecule has 0 aliphatic carbocycles. The lowest BCUT2D eigenvalue weighted by Gasteiger charge is -2.39. The first-order valence-corrected chi connectivity index (χ1v) is 10.3. The average Bonchev–Trinajstić information content (AvgIpc) is 2.69. The van der Waals surface area contributed by atoms with Crippen LogP contribution in [0.2, 0.25) is 0 Å². The Morgan fingerprint density at radius 3 is 2.46 bits per heavy atom. The molecule has 1 atom stereocenters. The number of hydrogen-bond acceptors (Lipinski definition) is 2. The maximum atomic E-state index is 12.8. The van der Waals surface area contributed by atoms with Gasteiger partial charge in [-0.1, -0.05) is 45.8 Å². The highest BCUT2D eigenvalue weighted by Crippen LogP contribution is 2.30. The number of halogens is 1. The fraction of sp³-hybridized carbons (Fsp3) is 0.364. The molecular weight excluding hydrogens is 418 g/mol. The van der Waals surface area contributed by atoms with Gasteiger partial charge in [0, 0.05) is 29.8 Å². The van der Waals surface area contributed by atoms with Gasteiger partial charge < -0.3 is 15.5 Å². The summed E-state index contributed by atoms with van der Waals surface area (Å²) >= 11 is 3.39. The molecule has 1 saturated heterocycles. The number of nitrogens with zero attached hydrogens (tertiary/aromatic N) is 1. The van der Waals surface area contributed by atoms with E-state index in [0.717, 1.165) is 28.6 Å². The predicted molar refractivity (Wildman–Crippen MR) is 115 cm³/mol. The minimum absolute atomic E-state index is 0.00535. The van der Waals surface area contributed by atoms with Gasteiger partial charge in [-0.2, -0.15) is 0 Å². The first-order chi connectivity index (χ1) is 13.4. The number of amides is 3. The van der Waals surface area contributed by atoms with Crippen LogP contribution in [0.1, 0.15) is 30.9 Å². The second-order valence-electron chi connectivity index (χ2n) is 7.69. The highest BCUT2D eigenvalue weighted by atomic mass is 79.9. The maximum absolute atomic E-state index is 12.8. The van der Waals surface area contributed by atoms with Crippen LogP contribution in [-0.4, -0.2) is 29.9 Å². The molecule has 6 heteroatoms. The van der Waals surface area contributed by atoms with Crippen molar-refractivity contribution in [1.82, 2.24) is 10.2 Å². The molecule has 1 fully saturated rings. The molecule has 28 heavy (non-hydrogen) atoms. The maximum Gasteiger partial charge on any atom is 0.321 e. The number of piperidine rings is 1. The van der Waals surface area contributed by atoms with Crippen LogP contribution in [0.3, 0.4) is 0 Å². The van der Waals surface area contributed by atoms with Gasteiger partial charge >= 0.3 is 6.03 Å². The zero-order valence-corrected chi connectivity index (χ0v) is 17.9. The normalized spacial score (nSPS) is 19.2. The van der Waals surface area contributed by atoms with E-state index in [2.05, 4.69) is 26.6 Å². The summed E-state index contributed by atoms with van der Waals surface area (Å²) in [7, 11) is 0. The molecule has 0 saturated carbocycles. The van der Waals surface area contributed by atoms with Gasteiger partial charge in [-0.25, -0.2) is 4.79 Å². The minimum Gasteiger partial charge on any atom is -0.351 e. The third-order valence-electron chi connectivity index (χ3n) is 5.20.